The first-order valence-corrected chi connectivity index (χ1v) is 8.74. The molecule has 1 aliphatic rings. The molecule has 0 bridgehead atoms. The minimum atomic E-state index is -0.148. The lowest BCUT2D eigenvalue weighted by atomic mass is 9.99. The number of carbonyl (C=O) groups excluding carboxylic acids is 2. The summed E-state index contributed by atoms with van der Waals surface area (Å²) in [5.74, 6) is -0.234. The molecule has 2 aromatic rings. The van der Waals surface area contributed by atoms with Gasteiger partial charge in [0.1, 0.15) is 4.88 Å². The minimum Gasteiger partial charge on any atom is -0.347 e. The minimum absolute atomic E-state index is 0.0868. The van der Waals surface area contributed by atoms with E-state index in [1.165, 1.54) is 11.3 Å². The molecule has 0 radical (unpaired) electrons. The largest absolute Gasteiger partial charge is 0.347 e. The third-order valence-corrected chi connectivity index (χ3v) is 5.05. The molecule has 5 heteroatoms. The van der Waals surface area contributed by atoms with E-state index in [0.29, 0.717) is 16.0 Å². The van der Waals surface area contributed by atoms with Crippen LogP contribution in [0, 0.1) is 6.92 Å². The molecule has 1 aliphatic heterocycles. The highest BCUT2D eigenvalue weighted by Crippen LogP contribution is 2.22. The molecule has 3 rings (SSSR count). The lowest BCUT2D eigenvalue weighted by Gasteiger charge is -2.23. The highest BCUT2D eigenvalue weighted by atomic mass is 32.1. The monoisotopic (exact) mass is 328 g/mol. The van der Waals surface area contributed by atoms with E-state index in [1.807, 2.05) is 31.2 Å². The Bertz CT molecular complexity index is 717. The molecule has 120 valence electrons. The number of hydrogen-bond acceptors (Lipinski definition) is 4. The number of ketones is 1. The number of nitrogens with one attached hydrogen (secondary N) is 2. The second kappa shape index (κ2) is 7.06. The van der Waals surface area contributed by atoms with Gasteiger partial charge in [0.05, 0.1) is 0 Å². The first-order valence-electron chi connectivity index (χ1n) is 7.86. The van der Waals surface area contributed by atoms with E-state index in [0.717, 1.165) is 31.5 Å². The second-order valence-electron chi connectivity index (χ2n) is 5.82. The molecule has 1 aromatic heterocycles. The number of rotatable bonds is 4. The Morgan fingerprint density at radius 3 is 2.78 bits per heavy atom. The van der Waals surface area contributed by atoms with Crippen LogP contribution in [0.15, 0.2) is 35.7 Å². The quantitative estimate of drug-likeness (QED) is 0.849. The molecular formula is C18H20N2O2S. The number of carbonyl (C=O) groups is 2. The fourth-order valence-corrected chi connectivity index (χ4v) is 3.66. The van der Waals surface area contributed by atoms with Gasteiger partial charge in [0.2, 0.25) is 0 Å². The number of benzene rings is 1. The van der Waals surface area contributed by atoms with Crippen molar-refractivity contribution in [2.24, 2.45) is 0 Å². The van der Waals surface area contributed by atoms with Crippen molar-refractivity contribution in [3.63, 3.8) is 0 Å². The number of hydrogen-bond donors (Lipinski definition) is 2. The molecule has 1 fully saturated rings. The summed E-state index contributed by atoms with van der Waals surface area (Å²) < 4.78 is 0. The lowest BCUT2D eigenvalue weighted by molar-refractivity contribution is 0.0925. The van der Waals surface area contributed by atoms with Gasteiger partial charge in [0.25, 0.3) is 5.91 Å². The Hall–Kier alpha value is -1.98. The molecule has 1 saturated heterocycles. The summed E-state index contributed by atoms with van der Waals surface area (Å²) in [4.78, 5) is 25.8. The zero-order valence-electron chi connectivity index (χ0n) is 13.1. The molecule has 0 unspecified atom stereocenters. The second-order valence-corrected chi connectivity index (χ2v) is 6.74. The average molecular weight is 328 g/mol. The fraction of sp³-hybridized carbons (Fsp3) is 0.333. The molecule has 4 nitrogen and oxygen atoms in total. The van der Waals surface area contributed by atoms with Crippen LogP contribution in [0.25, 0.3) is 0 Å². The first kappa shape index (κ1) is 15.9. The molecule has 1 atom stereocenters. The summed E-state index contributed by atoms with van der Waals surface area (Å²) in [6, 6.07) is 9.35. The first-order chi connectivity index (χ1) is 11.2. The van der Waals surface area contributed by atoms with Gasteiger partial charge in [-0.1, -0.05) is 24.3 Å². The number of aryl methyl sites for hydroxylation is 1. The van der Waals surface area contributed by atoms with Gasteiger partial charge < -0.3 is 10.6 Å². The summed E-state index contributed by atoms with van der Waals surface area (Å²) in [5, 5.41) is 8.12. The molecule has 1 amide bonds. The molecule has 2 heterocycles. The van der Waals surface area contributed by atoms with E-state index in [-0.39, 0.29) is 17.7 Å². The van der Waals surface area contributed by atoms with E-state index >= 15 is 0 Å². The fourth-order valence-electron chi connectivity index (χ4n) is 2.86. The molecule has 23 heavy (non-hydrogen) atoms. The van der Waals surface area contributed by atoms with Gasteiger partial charge in [-0.15, -0.1) is 11.3 Å². The third kappa shape index (κ3) is 3.51. The van der Waals surface area contributed by atoms with Crippen molar-refractivity contribution in [3.8, 4) is 0 Å². The molecule has 2 N–H and O–H groups in total. The Balaban J connectivity index is 1.80. The highest BCUT2D eigenvalue weighted by Gasteiger charge is 2.23. The van der Waals surface area contributed by atoms with Crippen molar-refractivity contribution in [2.45, 2.75) is 25.8 Å². The normalized spacial score (nSPS) is 17.7. The molecule has 0 saturated carbocycles. The van der Waals surface area contributed by atoms with Crippen LogP contribution in [-0.4, -0.2) is 30.8 Å². The summed E-state index contributed by atoms with van der Waals surface area (Å²) in [6.45, 7) is 3.70. The van der Waals surface area contributed by atoms with E-state index in [2.05, 4.69) is 10.6 Å². The van der Waals surface area contributed by atoms with Crippen LogP contribution in [0.1, 0.15) is 44.0 Å². The Morgan fingerprint density at radius 1 is 1.22 bits per heavy atom. The average Bonchev–Trinajstić information content (AvgIpc) is 3.05. The van der Waals surface area contributed by atoms with Gasteiger partial charge in [0.15, 0.2) is 5.78 Å². The molecular weight excluding hydrogens is 308 g/mol. The predicted octanol–water partition coefficient (Wildman–Crippen LogP) is 2.77. The SMILES string of the molecule is Cc1ccccc1C(=O)c1ccsc1C(=O)N[C@@H]1CCCNC1. The van der Waals surface area contributed by atoms with Gasteiger partial charge >= 0.3 is 0 Å². The molecule has 0 aliphatic carbocycles. The topological polar surface area (TPSA) is 58.2 Å². The van der Waals surface area contributed by atoms with E-state index in [4.69, 9.17) is 0 Å². The van der Waals surface area contributed by atoms with E-state index in [9.17, 15) is 9.59 Å². The van der Waals surface area contributed by atoms with Gasteiger partial charge in [-0.25, -0.2) is 0 Å². The zero-order valence-corrected chi connectivity index (χ0v) is 13.9. The predicted molar refractivity (Wildman–Crippen MR) is 92.3 cm³/mol. The summed E-state index contributed by atoms with van der Waals surface area (Å²) >= 11 is 1.32. The zero-order chi connectivity index (χ0) is 16.2. The van der Waals surface area contributed by atoms with Crippen LogP contribution in [0.2, 0.25) is 0 Å². The Kier molecular flexibility index (Phi) is 4.88. The third-order valence-electron chi connectivity index (χ3n) is 4.14. The van der Waals surface area contributed by atoms with Gasteiger partial charge in [-0.3, -0.25) is 9.59 Å². The highest BCUT2D eigenvalue weighted by molar-refractivity contribution is 7.12. The number of amides is 1. The number of piperidine rings is 1. The van der Waals surface area contributed by atoms with Crippen molar-refractivity contribution in [2.75, 3.05) is 13.1 Å². The van der Waals surface area contributed by atoms with Crippen LogP contribution < -0.4 is 10.6 Å². The van der Waals surface area contributed by atoms with Crippen molar-refractivity contribution >= 4 is 23.0 Å². The standard InChI is InChI=1S/C18H20N2O2S/c1-12-5-2-3-7-14(12)16(21)15-8-10-23-17(15)18(22)20-13-6-4-9-19-11-13/h2-3,5,7-8,10,13,19H,4,6,9,11H2,1H3,(H,20,22)/t13-/m1/s1. The maximum absolute atomic E-state index is 12.8. The maximum atomic E-state index is 12.8. The van der Waals surface area contributed by atoms with Crippen LogP contribution in [0.4, 0.5) is 0 Å². The van der Waals surface area contributed by atoms with Crippen molar-refractivity contribution in [3.05, 3.63) is 57.3 Å². The van der Waals surface area contributed by atoms with Crippen molar-refractivity contribution in [1.82, 2.24) is 10.6 Å². The van der Waals surface area contributed by atoms with Crippen LogP contribution in [0.5, 0.6) is 0 Å². The van der Waals surface area contributed by atoms with Gasteiger partial charge in [0, 0.05) is 23.7 Å². The maximum Gasteiger partial charge on any atom is 0.262 e. The van der Waals surface area contributed by atoms with Crippen molar-refractivity contribution < 1.29 is 9.59 Å². The summed E-state index contributed by atoms with van der Waals surface area (Å²) in [7, 11) is 0. The lowest BCUT2D eigenvalue weighted by Crippen LogP contribution is -2.45. The Labute approximate surface area is 139 Å². The van der Waals surface area contributed by atoms with Crippen molar-refractivity contribution in [1.29, 1.82) is 0 Å². The van der Waals surface area contributed by atoms with E-state index < -0.39 is 0 Å². The Morgan fingerprint density at radius 2 is 2.04 bits per heavy atom. The van der Waals surface area contributed by atoms with Crippen LogP contribution in [-0.2, 0) is 0 Å². The van der Waals surface area contributed by atoms with Gasteiger partial charge in [-0.05, 0) is 43.3 Å². The molecule has 0 spiro atoms. The summed E-state index contributed by atoms with van der Waals surface area (Å²) in [5.41, 5.74) is 2.07. The summed E-state index contributed by atoms with van der Waals surface area (Å²) in [6.07, 6.45) is 2.04. The van der Waals surface area contributed by atoms with Crippen LogP contribution in [0.3, 0.4) is 0 Å². The van der Waals surface area contributed by atoms with E-state index in [1.54, 1.807) is 11.4 Å². The smallest absolute Gasteiger partial charge is 0.262 e. The molecule has 1 aromatic carbocycles. The van der Waals surface area contributed by atoms with Crippen LogP contribution >= 0.6 is 11.3 Å². The van der Waals surface area contributed by atoms with Gasteiger partial charge in [-0.2, -0.15) is 0 Å². The number of thiophene rings is 1.